The van der Waals surface area contributed by atoms with Crippen LogP contribution < -0.4 is 15.8 Å². The molecule has 4 rings (SSSR count). The first-order valence-electron chi connectivity index (χ1n) is 12.5. The molecule has 14 nitrogen and oxygen atoms in total. The number of carboxylic acids is 1. The first-order chi connectivity index (χ1) is 20.2. The summed E-state index contributed by atoms with van der Waals surface area (Å²) in [5.74, 6) is -1.75. The molecule has 0 bridgehead atoms. The number of carbonyl (C=O) groups excluding carboxylic acids is 1. The highest BCUT2D eigenvalue weighted by Crippen LogP contribution is 2.45. The number of nitrogens with two attached hydrogens (primary N) is 1. The number of rotatable bonds is 14. The second kappa shape index (κ2) is 12.6. The molecule has 230 valence electrons. The Morgan fingerprint density at radius 3 is 2.21 bits per heavy atom. The second-order valence-electron chi connectivity index (χ2n) is 9.65. The van der Waals surface area contributed by atoms with Gasteiger partial charge in [-0.15, -0.1) is 4.33 Å². The highest BCUT2D eigenvalue weighted by Gasteiger charge is 2.29. The molecule has 0 heterocycles. The Bertz CT molecular complexity index is 1960. The van der Waals surface area contributed by atoms with Crippen LogP contribution in [0.2, 0.25) is 0 Å². The maximum Gasteiger partial charge on any atom is 0.321 e. The number of amides is 1. The number of sulfonamides is 1. The van der Waals surface area contributed by atoms with Gasteiger partial charge in [-0.3, -0.25) is 14.1 Å². The SMILES string of the molecule is C=C(C)C(=O)NCCCCC(NS(=O)(=O)c1cc(N)c2ccc3c(S(=O)(=O)O)cc(SOOO)c4ccc1c2c43)C(=O)O. The molecule has 1 amide bonds. The van der Waals surface area contributed by atoms with E-state index in [0.717, 1.165) is 6.07 Å². The third kappa shape index (κ3) is 6.68. The number of carbonyl (C=O) groups is 2. The lowest BCUT2D eigenvalue weighted by Gasteiger charge is -2.20. The standard InChI is InChI=1S/C26H27N3O11S3/c1-13(2)25(30)28-10-4-3-5-19(26(31)32)29-42(34,35)21-11-18(27)14-6-8-17-22(43(36,37)38)12-20(41-40-39-33)15-7-9-16(21)23(14)24(15)17/h6-9,11-12,19,29,33H,1,3-5,10,27H2,2H3,(H,28,30)(H,31,32)(H,36,37,38). The summed E-state index contributed by atoms with van der Waals surface area (Å²) >= 11 is 0.440. The van der Waals surface area contributed by atoms with Crippen LogP contribution in [0.3, 0.4) is 0 Å². The molecular formula is C26H27N3O11S3. The van der Waals surface area contributed by atoms with Crippen molar-refractivity contribution in [3.8, 4) is 0 Å². The number of aliphatic carboxylic acids is 1. The van der Waals surface area contributed by atoms with E-state index >= 15 is 0 Å². The molecule has 0 saturated heterocycles. The molecule has 0 aliphatic heterocycles. The van der Waals surface area contributed by atoms with Crippen molar-refractivity contribution in [3.63, 3.8) is 0 Å². The van der Waals surface area contributed by atoms with E-state index in [1.807, 2.05) is 0 Å². The predicted octanol–water partition coefficient (Wildman–Crippen LogP) is 3.44. The van der Waals surface area contributed by atoms with E-state index in [2.05, 4.69) is 26.0 Å². The summed E-state index contributed by atoms with van der Waals surface area (Å²) in [6, 6.07) is 6.58. The van der Waals surface area contributed by atoms with Gasteiger partial charge in [0.2, 0.25) is 15.9 Å². The van der Waals surface area contributed by atoms with Gasteiger partial charge in [-0.2, -0.15) is 13.1 Å². The molecule has 7 N–H and O–H groups in total. The second-order valence-corrected chi connectivity index (χ2v) is 13.5. The number of benzene rings is 4. The summed E-state index contributed by atoms with van der Waals surface area (Å²) in [5.41, 5.74) is 6.58. The molecule has 0 spiro atoms. The average Bonchev–Trinajstić information content (AvgIpc) is 2.93. The van der Waals surface area contributed by atoms with Gasteiger partial charge in [0.05, 0.1) is 16.9 Å². The number of carboxylic acid groups (broad SMARTS) is 1. The van der Waals surface area contributed by atoms with Crippen LogP contribution in [0.1, 0.15) is 26.2 Å². The molecule has 4 aromatic rings. The molecule has 0 saturated carbocycles. The predicted molar refractivity (Wildman–Crippen MR) is 158 cm³/mol. The lowest BCUT2D eigenvalue weighted by atomic mass is 9.93. The van der Waals surface area contributed by atoms with Gasteiger partial charge in [-0.1, -0.05) is 35.9 Å². The fourth-order valence-electron chi connectivity index (χ4n) is 4.79. The van der Waals surface area contributed by atoms with Gasteiger partial charge in [0.1, 0.15) is 10.9 Å². The minimum absolute atomic E-state index is 0.00352. The summed E-state index contributed by atoms with van der Waals surface area (Å²) in [7, 11) is -9.32. The molecule has 1 atom stereocenters. The zero-order valence-corrected chi connectivity index (χ0v) is 24.9. The van der Waals surface area contributed by atoms with Gasteiger partial charge in [0, 0.05) is 49.6 Å². The van der Waals surface area contributed by atoms with Crippen molar-refractivity contribution in [3.05, 3.63) is 48.6 Å². The van der Waals surface area contributed by atoms with Crippen LogP contribution in [0.4, 0.5) is 5.69 Å². The van der Waals surface area contributed by atoms with E-state index in [0.29, 0.717) is 34.8 Å². The normalized spacial score (nSPS) is 13.1. The Morgan fingerprint density at radius 1 is 1.00 bits per heavy atom. The Hall–Kier alpha value is -3.55. The Balaban J connectivity index is 1.79. The summed E-state index contributed by atoms with van der Waals surface area (Å²) in [6.45, 7) is 5.32. The first-order valence-corrected chi connectivity index (χ1v) is 16.2. The number of nitrogens with one attached hydrogen (secondary N) is 2. The van der Waals surface area contributed by atoms with E-state index in [4.69, 9.17) is 11.0 Å². The van der Waals surface area contributed by atoms with Crippen LogP contribution in [0.25, 0.3) is 32.3 Å². The van der Waals surface area contributed by atoms with Crippen molar-refractivity contribution >= 4 is 82.1 Å². The smallest absolute Gasteiger partial charge is 0.321 e. The topological polar surface area (TPSA) is 232 Å². The maximum absolute atomic E-state index is 13.6. The summed E-state index contributed by atoms with van der Waals surface area (Å²) in [6.07, 6.45) is 0.580. The van der Waals surface area contributed by atoms with Crippen LogP contribution in [-0.2, 0) is 39.1 Å². The van der Waals surface area contributed by atoms with Gasteiger partial charge >= 0.3 is 5.97 Å². The van der Waals surface area contributed by atoms with Gasteiger partial charge < -0.3 is 16.2 Å². The number of hydrogen-bond donors (Lipinski definition) is 6. The highest BCUT2D eigenvalue weighted by molar-refractivity contribution is 7.94. The number of anilines is 1. The third-order valence-corrected chi connectivity index (χ3v) is 9.78. The van der Waals surface area contributed by atoms with E-state index in [-0.39, 0.29) is 62.3 Å². The molecule has 0 fully saturated rings. The summed E-state index contributed by atoms with van der Waals surface area (Å²) in [4.78, 5) is 22.8. The Labute approximate surface area is 250 Å². The lowest BCUT2D eigenvalue weighted by molar-refractivity contribution is -0.432. The van der Waals surface area contributed by atoms with Gasteiger partial charge in [-0.25, -0.2) is 13.7 Å². The molecule has 0 aliphatic rings. The van der Waals surface area contributed by atoms with Crippen LogP contribution >= 0.6 is 12.0 Å². The molecule has 0 aromatic heterocycles. The van der Waals surface area contributed by atoms with Crippen molar-refractivity contribution in [2.75, 3.05) is 12.3 Å². The van der Waals surface area contributed by atoms with Crippen LogP contribution in [0, 0.1) is 0 Å². The largest absolute Gasteiger partial charge is 0.480 e. The molecule has 17 heteroatoms. The van der Waals surface area contributed by atoms with Crippen molar-refractivity contribution in [1.29, 1.82) is 0 Å². The zero-order chi connectivity index (χ0) is 31.7. The Morgan fingerprint density at radius 2 is 1.60 bits per heavy atom. The zero-order valence-electron chi connectivity index (χ0n) is 22.5. The van der Waals surface area contributed by atoms with Crippen molar-refractivity contribution in [2.45, 2.75) is 46.9 Å². The molecule has 43 heavy (non-hydrogen) atoms. The fraction of sp³-hybridized carbons (Fsp3) is 0.231. The Kier molecular flexibility index (Phi) is 9.48. The number of unbranched alkanes of at least 4 members (excludes halogenated alkanes) is 1. The van der Waals surface area contributed by atoms with Gasteiger partial charge in [0.15, 0.2) is 0 Å². The monoisotopic (exact) mass is 653 g/mol. The van der Waals surface area contributed by atoms with Crippen LogP contribution in [0.15, 0.2) is 63.2 Å². The van der Waals surface area contributed by atoms with E-state index < -0.39 is 37.0 Å². The molecule has 1 unspecified atom stereocenters. The van der Waals surface area contributed by atoms with Crippen molar-refractivity contribution < 1.29 is 50.7 Å². The average molecular weight is 654 g/mol. The van der Waals surface area contributed by atoms with E-state index in [9.17, 15) is 36.1 Å². The lowest BCUT2D eigenvalue weighted by Crippen LogP contribution is -2.40. The first kappa shape index (κ1) is 32.4. The number of nitrogen functional groups attached to an aromatic ring is 1. The minimum Gasteiger partial charge on any atom is -0.480 e. The molecular weight excluding hydrogens is 626 g/mol. The minimum atomic E-state index is -4.80. The number of hydrogen-bond acceptors (Lipinski definition) is 11. The van der Waals surface area contributed by atoms with Crippen LogP contribution in [0.5, 0.6) is 0 Å². The third-order valence-electron chi connectivity index (χ3n) is 6.73. The van der Waals surface area contributed by atoms with Crippen molar-refractivity contribution in [2.24, 2.45) is 0 Å². The molecule has 4 aromatic carbocycles. The van der Waals surface area contributed by atoms with Gasteiger partial charge in [0.25, 0.3) is 10.1 Å². The van der Waals surface area contributed by atoms with Crippen molar-refractivity contribution in [1.82, 2.24) is 10.0 Å². The highest BCUT2D eigenvalue weighted by atomic mass is 32.2. The summed E-state index contributed by atoms with van der Waals surface area (Å²) in [5, 5.41) is 25.9. The molecule has 0 aliphatic carbocycles. The fourth-order valence-corrected chi connectivity index (χ4v) is 7.57. The molecule has 0 radical (unpaired) electrons. The van der Waals surface area contributed by atoms with Crippen LogP contribution in [-0.4, -0.2) is 56.2 Å². The van der Waals surface area contributed by atoms with E-state index in [1.165, 1.54) is 30.3 Å². The maximum atomic E-state index is 13.6. The van der Waals surface area contributed by atoms with Gasteiger partial charge in [-0.05, 0) is 43.7 Å². The van der Waals surface area contributed by atoms with E-state index in [1.54, 1.807) is 6.92 Å². The summed E-state index contributed by atoms with van der Waals surface area (Å²) < 4.78 is 68.5. The quantitative estimate of drug-likeness (QED) is 0.0168.